The quantitative estimate of drug-likeness (QED) is 0.230. The molecule has 0 amide bonds. The summed E-state index contributed by atoms with van der Waals surface area (Å²) in [5, 5.41) is 0. The second kappa shape index (κ2) is 11.4. The third kappa shape index (κ3) is 14.0. The van der Waals surface area contributed by atoms with E-state index in [1.54, 1.807) is 18.7 Å². The maximum Gasteiger partial charge on any atom is 0.472 e. The Kier molecular flexibility index (Phi) is 11.4. The molecule has 0 aliphatic heterocycles. The van der Waals surface area contributed by atoms with Crippen molar-refractivity contribution in [2.75, 3.05) is 59.0 Å². The molecule has 0 radical (unpaired) electrons. The van der Waals surface area contributed by atoms with Gasteiger partial charge in [0, 0.05) is 5.75 Å². The van der Waals surface area contributed by atoms with Gasteiger partial charge in [0.25, 0.3) is 0 Å². The number of thioether (sulfide) groups is 1. The molecule has 2 unspecified atom stereocenters. The van der Waals surface area contributed by atoms with Crippen LogP contribution in [0.3, 0.4) is 0 Å². The fourth-order valence-electron chi connectivity index (χ4n) is 1.38. The maximum absolute atomic E-state index is 11.7. The van der Waals surface area contributed by atoms with E-state index in [9.17, 15) is 14.3 Å². The second-order valence-electron chi connectivity index (χ2n) is 6.29. The van der Waals surface area contributed by atoms with E-state index in [2.05, 4.69) is 6.92 Å². The lowest BCUT2D eigenvalue weighted by molar-refractivity contribution is -0.870. The smallest absolute Gasteiger partial charge is 0.463 e. The number of phosphoric ester groups is 1. The highest BCUT2D eigenvalue weighted by Crippen LogP contribution is 2.42. The molecule has 0 aliphatic rings. The fourth-order valence-corrected chi connectivity index (χ4v) is 3.01. The Bertz CT molecular complexity index is 388. The van der Waals surface area contributed by atoms with Gasteiger partial charge >= 0.3 is 13.8 Å². The van der Waals surface area contributed by atoms with Gasteiger partial charge in [-0.05, 0) is 12.2 Å². The van der Waals surface area contributed by atoms with Gasteiger partial charge in [-0.15, -0.1) is 0 Å². The Morgan fingerprint density at radius 2 is 1.83 bits per heavy atom. The van der Waals surface area contributed by atoms with E-state index in [4.69, 9.17) is 13.8 Å². The molecule has 0 aliphatic carbocycles. The van der Waals surface area contributed by atoms with Gasteiger partial charge in [0.05, 0.1) is 33.7 Å². The molecule has 0 rings (SSSR count). The number of phosphoric acid groups is 1. The molecule has 0 aromatic carbocycles. The molecule has 2 atom stereocenters. The summed E-state index contributed by atoms with van der Waals surface area (Å²) in [6.07, 6.45) is 1.07. The van der Waals surface area contributed by atoms with Crippen LogP contribution < -0.4 is 0 Å². The summed E-state index contributed by atoms with van der Waals surface area (Å²) >= 11 is 1.71. The molecule has 0 fully saturated rings. The van der Waals surface area contributed by atoms with E-state index in [-0.39, 0.29) is 31.7 Å². The number of esters is 1. The lowest BCUT2D eigenvalue weighted by Gasteiger charge is -2.24. The molecule has 0 saturated heterocycles. The minimum Gasteiger partial charge on any atom is -0.463 e. The monoisotopic (exact) mass is 372 g/mol. The van der Waals surface area contributed by atoms with Crippen molar-refractivity contribution in [3.05, 3.63) is 0 Å². The lowest BCUT2D eigenvalue weighted by atomic mass is 10.2. The van der Waals surface area contributed by atoms with Gasteiger partial charge in [0.15, 0.2) is 0 Å². The summed E-state index contributed by atoms with van der Waals surface area (Å²) in [4.78, 5) is 21.2. The van der Waals surface area contributed by atoms with E-state index in [1.165, 1.54) is 0 Å². The van der Waals surface area contributed by atoms with Crippen LogP contribution in [0.15, 0.2) is 0 Å². The normalized spacial score (nSPS) is 15.9. The first-order valence-electron chi connectivity index (χ1n) is 7.74. The molecule has 7 nitrogen and oxygen atoms in total. The zero-order chi connectivity index (χ0) is 17.9. The number of ether oxygens (including phenoxy) is 1. The minimum atomic E-state index is -4.09. The zero-order valence-corrected chi connectivity index (χ0v) is 16.5. The molecule has 0 bridgehead atoms. The van der Waals surface area contributed by atoms with Gasteiger partial charge in [-0.25, -0.2) is 4.57 Å². The van der Waals surface area contributed by atoms with E-state index in [0.29, 0.717) is 16.8 Å². The largest absolute Gasteiger partial charge is 0.472 e. The van der Waals surface area contributed by atoms with E-state index in [1.807, 2.05) is 21.1 Å². The Labute approximate surface area is 143 Å². The number of carbonyl (C=O) groups excluding carboxylic acids is 1. The van der Waals surface area contributed by atoms with Gasteiger partial charge in [-0.2, -0.15) is 11.8 Å². The number of carbonyl (C=O) groups is 1. The number of hydrogen-bond acceptors (Lipinski definition) is 6. The second-order valence-corrected chi connectivity index (χ2v) is 8.90. The van der Waals surface area contributed by atoms with Crippen molar-refractivity contribution >= 4 is 25.6 Å². The standard InChI is InChI=1S/C14H30NO6PS/c1-6-11-23-12-13(2)14(16)19-9-10-21-22(17,18)20-8-7-15(3,4)5/h13H,6-12H2,1-5H3/p+1. The van der Waals surface area contributed by atoms with Crippen LogP contribution in [0.1, 0.15) is 20.3 Å². The van der Waals surface area contributed by atoms with Crippen LogP contribution in [-0.4, -0.2) is 74.4 Å². The molecule has 9 heteroatoms. The van der Waals surface area contributed by atoms with Crippen LogP contribution in [0.5, 0.6) is 0 Å². The van der Waals surface area contributed by atoms with Crippen molar-refractivity contribution in [3.63, 3.8) is 0 Å². The van der Waals surface area contributed by atoms with Crippen LogP contribution in [0.4, 0.5) is 0 Å². The van der Waals surface area contributed by atoms with Crippen molar-refractivity contribution in [2.24, 2.45) is 5.92 Å². The predicted octanol–water partition coefficient (Wildman–Crippen LogP) is 2.15. The first-order chi connectivity index (χ1) is 10.6. The van der Waals surface area contributed by atoms with Crippen molar-refractivity contribution in [1.82, 2.24) is 0 Å². The third-order valence-corrected chi connectivity index (χ3v) is 5.17. The van der Waals surface area contributed by atoms with E-state index < -0.39 is 7.82 Å². The maximum atomic E-state index is 11.7. The van der Waals surface area contributed by atoms with Crippen molar-refractivity contribution in [2.45, 2.75) is 20.3 Å². The molecule has 0 saturated carbocycles. The summed E-state index contributed by atoms with van der Waals surface area (Å²) in [7, 11) is 1.76. The average Bonchev–Trinajstić information content (AvgIpc) is 2.41. The molecule has 1 N–H and O–H groups in total. The number of rotatable bonds is 13. The van der Waals surface area contributed by atoms with Crippen LogP contribution in [0.25, 0.3) is 0 Å². The summed E-state index contributed by atoms with van der Waals surface area (Å²) in [5.74, 6) is 1.20. The van der Waals surface area contributed by atoms with Crippen LogP contribution in [0.2, 0.25) is 0 Å². The van der Waals surface area contributed by atoms with Gasteiger partial charge in [-0.3, -0.25) is 13.8 Å². The highest BCUT2D eigenvalue weighted by molar-refractivity contribution is 7.99. The number of nitrogens with zero attached hydrogens (tertiary/aromatic N) is 1. The molecule has 0 heterocycles. The topological polar surface area (TPSA) is 82.1 Å². The first-order valence-corrected chi connectivity index (χ1v) is 10.4. The summed E-state index contributed by atoms with van der Waals surface area (Å²) in [6, 6.07) is 0. The molecular formula is C14H31NO6PS+. The Balaban J connectivity index is 3.83. The highest BCUT2D eigenvalue weighted by atomic mass is 32.2. The van der Waals surface area contributed by atoms with E-state index >= 15 is 0 Å². The molecule has 0 spiro atoms. The van der Waals surface area contributed by atoms with Crippen LogP contribution in [0, 0.1) is 5.92 Å². The summed E-state index contributed by atoms with van der Waals surface area (Å²) in [5.41, 5.74) is 0. The molecular weight excluding hydrogens is 341 g/mol. The predicted molar refractivity (Wildman–Crippen MR) is 92.4 cm³/mol. The molecule has 23 heavy (non-hydrogen) atoms. The van der Waals surface area contributed by atoms with Crippen molar-refractivity contribution in [3.8, 4) is 0 Å². The fraction of sp³-hybridized carbons (Fsp3) is 0.929. The van der Waals surface area contributed by atoms with Gasteiger partial charge in [-0.1, -0.05) is 13.8 Å². The average molecular weight is 372 g/mol. The number of hydrogen-bond donors (Lipinski definition) is 1. The highest BCUT2D eigenvalue weighted by Gasteiger charge is 2.23. The number of quaternary nitrogens is 1. The SMILES string of the molecule is CCCSCC(C)C(=O)OCCOP(=O)(O)OCC[N+](C)(C)C. The lowest BCUT2D eigenvalue weighted by Crippen LogP contribution is -2.37. The summed E-state index contributed by atoms with van der Waals surface area (Å²) in [6.45, 7) is 4.35. The Morgan fingerprint density at radius 1 is 1.22 bits per heavy atom. The van der Waals surface area contributed by atoms with Crippen molar-refractivity contribution in [1.29, 1.82) is 0 Å². The van der Waals surface area contributed by atoms with Crippen molar-refractivity contribution < 1.29 is 32.5 Å². The summed E-state index contributed by atoms with van der Waals surface area (Å²) < 4.78 is 26.9. The van der Waals surface area contributed by atoms with Gasteiger partial charge in [0.1, 0.15) is 19.8 Å². The van der Waals surface area contributed by atoms with Gasteiger partial charge in [0.2, 0.25) is 0 Å². The zero-order valence-electron chi connectivity index (χ0n) is 14.8. The Morgan fingerprint density at radius 3 is 2.39 bits per heavy atom. The van der Waals surface area contributed by atoms with Gasteiger partial charge < -0.3 is 14.1 Å². The first kappa shape index (κ1) is 22.9. The Hall–Kier alpha value is -0.110. The van der Waals surface area contributed by atoms with Crippen LogP contribution >= 0.6 is 19.6 Å². The van der Waals surface area contributed by atoms with E-state index in [0.717, 1.165) is 12.2 Å². The van der Waals surface area contributed by atoms with Crippen LogP contribution in [-0.2, 0) is 23.1 Å². The molecule has 138 valence electrons. The molecule has 0 aromatic heterocycles. The molecule has 0 aromatic rings. The number of likely N-dealkylation sites (N-methyl/N-ethyl adjacent to an activating group) is 1. The third-order valence-electron chi connectivity index (χ3n) is 2.72. The minimum absolute atomic E-state index is 0.0646.